The standard InChI is InChI=1S/C18H29N3O4S/c1-15-12-21(13-16(2)25-15)26(22,23)19(3)14-17-6-4-5-7-18(17)20-8-10-24-11-9-20/h4-7,15-16H,8-14H2,1-3H3. The molecule has 2 aliphatic heterocycles. The number of rotatable bonds is 5. The summed E-state index contributed by atoms with van der Waals surface area (Å²) >= 11 is 0. The highest BCUT2D eigenvalue weighted by Gasteiger charge is 2.34. The molecule has 0 radical (unpaired) electrons. The van der Waals surface area contributed by atoms with E-state index in [9.17, 15) is 8.42 Å². The topological polar surface area (TPSA) is 62.3 Å². The second kappa shape index (κ2) is 8.22. The van der Waals surface area contributed by atoms with E-state index in [1.165, 1.54) is 8.61 Å². The van der Waals surface area contributed by atoms with Gasteiger partial charge in [0.2, 0.25) is 0 Å². The first-order valence-corrected chi connectivity index (χ1v) is 10.5. The summed E-state index contributed by atoms with van der Waals surface area (Å²) in [5.41, 5.74) is 2.09. The van der Waals surface area contributed by atoms with E-state index in [2.05, 4.69) is 11.0 Å². The maximum atomic E-state index is 13.0. The van der Waals surface area contributed by atoms with E-state index in [0.717, 1.165) is 24.3 Å². The van der Waals surface area contributed by atoms with Crippen LogP contribution >= 0.6 is 0 Å². The maximum Gasteiger partial charge on any atom is 0.282 e. The number of benzene rings is 1. The lowest BCUT2D eigenvalue weighted by Crippen LogP contribution is -2.52. The van der Waals surface area contributed by atoms with E-state index in [1.54, 1.807) is 7.05 Å². The van der Waals surface area contributed by atoms with Gasteiger partial charge in [-0.2, -0.15) is 17.0 Å². The van der Waals surface area contributed by atoms with Gasteiger partial charge in [-0.25, -0.2) is 0 Å². The van der Waals surface area contributed by atoms with Crippen LogP contribution in [0, 0.1) is 0 Å². The normalized spacial score (nSPS) is 25.6. The van der Waals surface area contributed by atoms with E-state index >= 15 is 0 Å². The summed E-state index contributed by atoms with van der Waals surface area (Å²) in [5.74, 6) is 0. The molecule has 7 nitrogen and oxygen atoms in total. The molecule has 2 saturated heterocycles. The Hall–Kier alpha value is -1.19. The number of ether oxygens (including phenoxy) is 2. The summed E-state index contributed by atoms with van der Waals surface area (Å²) in [4.78, 5) is 2.26. The maximum absolute atomic E-state index is 13.0. The minimum Gasteiger partial charge on any atom is -0.378 e. The van der Waals surface area contributed by atoms with Crippen molar-refractivity contribution in [2.45, 2.75) is 32.6 Å². The molecule has 0 aliphatic carbocycles. The zero-order valence-electron chi connectivity index (χ0n) is 15.8. The molecule has 3 rings (SSSR count). The third kappa shape index (κ3) is 4.37. The molecule has 2 atom stereocenters. The van der Waals surface area contributed by atoms with Crippen molar-refractivity contribution < 1.29 is 17.9 Å². The van der Waals surface area contributed by atoms with Crippen LogP contribution in [0.1, 0.15) is 19.4 Å². The van der Waals surface area contributed by atoms with Crippen molar-refractivity contribution in [1.29, 1.82) is 0 Å². The highest BCUT2D eigenvalue weighted by molar-refractivity contribution is 7.86. The van der Waals surface area contributed by atoms with Crippen LogP contribution in [0.3, 0.4) is 0 Å². The number of hydrogen-bond acceptors (Lipinski definition) is 5. The molecule has 2 heterocycles. The summed E-state index contributed by atoms with van der Waals surface area (Å²) in [6, 6.07) is 8.01. The lowest BCUT2D eigenvalue weighted by Gasteiger charge is -2.37. The molecule has 2 aliphatic rings. The Labute approximate surface area is 156 Å². The predicted molar refractivity (Wildman–Crippen MR) is 101 cm³/mol. The van der Waals surface area contributed by atoms with Crippen LogP contribution in [0.25, 0.3) is 0 Å². The van der Waals surface area contributed by atoms with Crippen LogP contribution in [0.15, 0.2) is 24.3 Å². The summed E-state index contributed by atoms with van der Waals surface area (Å²) < 4.78 is 40.1. The van der Waals surface area contributed by atoms with Gasteiger partial charge in [0, 0.05) is 45.5 Å². The third-order valence-corrected chi connectivity index (χ3v) is 6.71. The molecule has 0 saturated carbocycles. The van der Waals surface area contributed by atoms with Gasteiger partial charge in [-0.1, -0.05) is 18.2 Å². The summed E-state index contributed by atoms with van der Waals surface area (Å²) in [7, 11) is -1.88. The molecule has 0 spiro atoms. The second-order valence-corrected chi connectivity index (χ2v) is 9.10. The van der Waals surface area contributed by atoms with Gasteiger partial charge in [0.15, 0.2) is 0 Å². The van der Waals surface area contributed by atoms with E-state index < -0.39 is 10.2 Å². The largest absolute Gasteiger partial charge is 0.378 e. The van der Waals surface area contributed by atoms with Gasteiger partial charge in [0.1, 0.15) is 0 Å². The molecule has 0 aromatic heterocycles. The van der Waals surface area contributed by atoms with Gasteiger partial charge >= 0.3 is 0 Å². The fourth-order valence-electron chi connectivity index (χ4n) is 3.59. The molecular weight excluding hydrogens is 354 g/mol. The van der Waals surface area contributed by atoms with Crippen molar-refractivity contribution in [1.82, 2.24) is 8.61 Å². The first kappa shape index (κ1) is 19.6. The second-order valence-electron chi connectivity index (χ2n) is 7.07. The van der Waals surface area contributed by atoms with Gasteiger partial charge in [0.25, 0.3) is 10.2 Å². The van der Waals surface area contributed by atoms with Crippen molar-refractivity contribution in [3.8, 4) is 0 Å². The molecule has 8 heteroatoms. The van der Waals surface area contributed by atoms with Crippen LogP contribution in [-0.2, 0) is 26.2 Å². The molecule has 0 N–H and O–H groups in total. The highest BCUT2D eigenvalue weighted by Crippen LogP contribution is 2.25. The first-order valence-electron chi connectivity index (χ1n) is 9.15. The fraction of sp³-hybridized carbons (Fsp3) is 0.667. The molecule has 0 amide bonds. The van der Waals surface area contributed by atoms with E-state index in [4.69, 9.17) is 9.47 Å². The lowest BCUT2D eigenvalue weighted by atomic mass is 10.1. The number of nitrogens with zero attached hydrogens (tertiary/aromatic N) is 3. The van der Waals surface area contributed by atoms with Crippen molar-refractivity contribution in [3.63, 3.8) is 0 Å². The summed E-state index contributed by atoms with van der Waals surface area (Å²) in [6.45, 7) is 7.99. The van der Waals surface area contributed by atoms with Crippen molar-refractivity contribution in [2.75, 3.05) is 51.3 Å². The van der Waals surface area contributed by atoms with Gasteiger partial charge in [-0.15, -0.1) is 0 Å². The van der Waals surface area contributed by atoms with E-state index in [1.807, 2.05) is 32.0 Å². The zero-order chi connectivity index (χ0) is 18.7. The van der Waals surface area contributed by atoms with Crippen molar-refractivity contribution in [2.24, 2.45) is 0 Å². The van der Waals surface area contributed by atoms with Crippen LogP contribution < -0.4 is 4.90 Å². The molecular formula is C18H29N3O4S. The van der Waals surface area contributed by atoms with Gasteiger partial charge in [-0.3, -0.25) is 0 Å². The van der Waals surface area contributed by atoms with Crippen LogP contribution in [0.2, 0.25) is 0 Å². The molecule has 26 heavy (non-hydrogen) atoms. The Morgan fingerprint density at radius 3 is 2.38 bits per heavy atom. The average Bonchev–Trinajstić information content (AvgIpc) is 2.62. The smallest absolute Gasteiger partial charge is 0.282 e. The lowest BCUT2D eigenvalue weighted by molar-refractivity contribution is -0.0453. The Bertz CT molecular complexity index is 696. The van der Waals surface area contributed by atoms with Gasteiger partial charge in [0.05, 0.1) is 25.4 Å². The van der Waals surface area contributed by atoms with Crippen molar-refractivity contribution >= 4 is 15.9 Å². The Morgan fingerprint density at radius 1 is 1.12 bits per heavy atom. The average molecular weight is 384 g/mol. The number of para-hydroxylation sites is 1. The zero-order valence-corrected chi connectivity index (χ0v) is 16.6. The molecule has 1 aromatic rings. The molecule has 2 fully saturated rings. The first-order chi connectivity index (χ1) is 12.4. The molecule has 0 bridgehead atoms. The Kier molecular flexibility index (Phi) is 6.19. The number of morpholine rings is 2. The third-order valence-electron chi connectivity index (χ3n) is 4.84. The van der Waals surface area contributed by atoms with Crippen molar-refractivity contribution in [3.05, 3.63) is 29.8 Å². The Morgan fingerprint density at radius 2 is 1.73 bits per heavy atom. The summed E-state index contributed by atoms with van der Waals surface area (Å²) in [5, 5.41) is 0. The fourth-order valence-corrected chi connectivity index (χ4v) is 5.09. The van der Waals surface area contributed by atoms with Gasteiger partial charge in [-0.05, 0) is 25.5 Å². The number of hydrogen-bond donors (Lipinski definition) is 0. The molecule has 146 valence electrons. The minimum absolute atomic E-state index is 0.0949. The van der Waals surface area contributed by atoms with E-state index in [0.29, 0.717) is 32.8 Å². The number of anilines is 1. The summed E-state index contributed by atoms with van der Waals surface area (Å²) in [6.07, 6.45) is -0.190. The van der Waals surface area contributed by atoms with Crippen LogP contribution in [0.4, 0.5) is 5.69 Å². The van der Waals surface area contributed by atoms with E-state index in [-0.39, 0.29) is 12.2 Å². The predicted octanol–water partition coefficient (Wildman–Crippen LogP) is 1.31. The van der Waals surface area contributed by atoms with Gasteiger partial charge < -0.3 is 14.4 Å². The van der Waals surface area contributed by atoms with Crippen LogP contribution in [-0.4, -0.2) is 75.7 Å². The monoisotopic (exact) mass is 383 g/mol. The molecule has 2 unspecified atom stereocenters. The quantitative estimate of drug-likeness (QED) is 0.767. The highest BCUT2D eigenvalue weighted by atomic mass is 32.2. The molecule has 1 aromatic carbocycles. The van der Waals surface area contributed by atoms with Crippen LogP contribution in [0.5, 0.6) is 0 Å². The Balaban J connectivity index is 1.76. The SMILES string of the molecule is CC1CN(S(=O)(=O)N(C)Cc2ccccc2N2CCOCC2)CC(C)O1. The minimum atomic E-state index is -3.53.